The van der Waals surface area contributed by atoms with Crippen LogP contribution in [0.2, 0.25) is 0 Å². The highest BCUT2D eigenvalue weighted by molar-refractivity contribution is 7.07. The molecule has 2 aromatic rings. The lowest BCUT2D eigenvalue weighted by Gasteiger charge is -2.31. The molecule has 0 radical (unpaired) electrons. The van der Waals surface area contributed by atoms with Gasteiger partial charge in [-0.3, -0.25) is 9.89 Å². The van der Waals surface area contributed by atoms with Crippen molar-refractivity contribution in [3.8, 4) is 0 Å². The third kappa shape index (κ3) is 6.33. The van der Waals surface area contributed by atoms with Gasteiger partial charge in [-0.15, -0.1) is 0 Å². The number of hydrogen-bond acceptors (Lipinski definition) is 4. The van der Waals surface area contributed by atoms with Gasteiger partial charge < -0.3 is 15.4 Å². The summed E-state index contributed by atoms with van der Waals surface area (Å²) in [5.74, 6) is 1.30. The molecule has 2 atom stereocenters. The minimum Gasteiger partial charge on any atom is -0.376 e. The minimum absolute atomic E-state index is 0.324. The van der Waals surface area contributed by atoms with E-state index in [0.717, 1.165) is 45.3 Å². The average Bonchev–Trinajstić information content (AvgIpc) is 3.23. The van der Waals surface area contributed by atoms with E-state index in [1.54, 1.807) is 11.3 Å². The van der Waals surface area contributed by atoms with Gasteiger partial charge in [-0.05, 0) is 46.4 Å². The molecule has 1 aliphatic rings. The molecule has 0 bridgehead atoms. The fourth-order valence-corrected chi connectivity index (χ4v) is 4.24. The lowest BCUT2D eigenvalue weighted by atomic mass is 10.1. The van der Waals surface area contributed by atoms with Crippen LogP contribution in [0.3, 0.4) is 0 Å². The Kier molecular flexibility index (Phi) is 7.89. The van der Waals surface area contributed by atoms with Gasteiger partial charge in [0.15, 0.2) is 5.96 Å². The van der Waals surface area contributed by atoms with Crippen LogP contribution in [0.25, 0.3) is 0 Å². The summed E-state index contributed by atoms with van der Waals surface area (Å²) in [7, 11) is 1.82. The van der Waals surface area contributed by atoms with Gasteiger partial charge in [0.1, 0.15) is 0 Å². The third-order valence-corrected chi connectivity index (χ3v) is 5.80. The van der Waals surface area contributed by atoms with Crippen molar-refractivity contribution < 1.29 is 4.74 Å². The van der Waals surface area contributed by atoms with E-state index in [9.17, 15) is 0 Å². The lowest BCUT2D eigenvalue weighted by Crippen LogP contribution is -2.40. The first-order chi connectivity index (χ1) is 13.6. The number of nitrogens with zero attached hydrogens (tertiary/aromatic N) is 2. The highest BCUT2D eigenvalue weighted by atomic mass is 32.1. The molecule has 1 fully saturated rings. The maximum absolute atomic E-state index is 5.64. The summed E-state index contributed by atoms with van der Waals surface area (Å²) < 4.78 is 5.64. The number of rotatable bonds is 7. The monoisotopic (exact) mass is 400 g/mol. The predicted octanol–water partition coefficient (Wildman–Crippen LogP) is 3.44. The van der Waals surface area contributed by atoms with Crippen LogP contribution in [0.4, 0.5) is 0 Å². The second kappa shape index (κ2) is 10.6. The smallest absolute Gasteiger partial charge is 0.191 e. The van der Waals surface area contributed by atoms with E-state index in [1.807, 2.05) is 7.05 Å². The third-order valence-electron chi connectivity index (χ3n) is 5.09. The van der Waals surface area contributed by atoms with Gasteiger partial charge in [-0.2, -0.15) is 11.3 Å². The molecule has 0 saturated carbocycles. The molecule has 1 saturated heterocycles. The van der Waals surface area contributed by atoms with E-state index in [0.29, 0.717) is 12.0 Å². The zero-order chi connectivity index (χ0) is 19.8. The summed E-state index contributed by atoms with van der Waals surface area (Å²) >= 11 is 1.75. The SMILES string of the molecule is CN=C(NCc1cccc(CN2CCOC(C)C2)c1)NCC(C)c1ccsc1. The number of aliphatic imine (C=N–C) groups is 1. The fraction of sp³-hybridized carbons (Fsp3) is 0.500. The van der Waals surface area contributed by atoms with Crippen LogP contribution < -0.4 is 10.6 Å². The Morgan fingerprint density at radius 3 is 2.93 bits per heavy atom. The van der Waals surface area contributed by atoms with Crippen molar-refractivity contribution in [2.45, 2.75) is 39.0 Å². The first-order valence-electron chi connectivity index (χ1n) is 10.0. The Morgan fingerprint density at radius 2 is 2.18 bits per heavy atom. The van der Waals surface area contributed by atoms with E-state index in [-0.39, 0.29) is 0 Å². The van der Waals surface area contributed by atoms with Gasteiger partial charge in [-0.25, -0.2) is 0 Å². The van der Waals surface area contributed by atoms with Crippen molar-refractivity contribution in [2.75, 3.05) is 33.3 Å². The number of benzene rings is 1. The molecule has 28 heavy (non-hydrogen) atoms. The number of nitrogens with one attached hydrogen (secondary N) is 2. The number of hydrogen-bond donors (Lipinski definition) is 2. The second-order valence-electron chi connectivity index (χ2n) is 7.50. The number of morpholine rings is 1. The van der Waals surface area contributed by atoms with Crippen LogP contribution in [0, 0.1) is 0 Å². The maximum Gasteiger partial charge on any atom is 0.191 e. The predicted molar refractivity (Wildman–Crippen MR) is 118 cm³/mol. The summed E-state index contributed by atoms with van der Waals surface area (Å²) in [4.78, 5) is 6.82. The second-order valence-corrected chi connectivity index (χ2v) is 8.28. The lowest BCUT2D eigenvalue weighted by molar-refractivity contribution is -0.0212. The standard InChI is InChI=1S/C22H32N4OS/c1-17(21-7-10-28-16-21)12-24-22(23-3)25-13-19-5-4-6-20(11-19)15-26-8-9-27-18(2)14-26/h4-7,10-11,16-18H,8-9,12-15H2,1-3H3,(H2,23,24,25). The Balaban J connectivity index is 1.47. The van der Waals surface area contributed by atoms with Crippen molar-refractivity contribution in [3.05, 3.63) is 57.8 Å². The fourth-order valence-electron chi connectivity index (χ4n) is 3.46. The van der Waals surface area contributed by atoms with Crippen LogP contribution in [-0.4, -0.2) is 50.3 Å². The first kappa shape index (κ1) is 20.8. The number of guanidine groups is 1. The Hall–Kier alpha value is -1.89. The van der Waals surface area contributed by atoms with Gasteiger partial charge in [0.05, 0.1) is 12.7 Å². The Morgan fingerprint density at radius 1 is 1.32 bits per heavy atom. The molecule has 0 amide bonds. The number of thiophene rings is 1. The molecule has 2 N–H and O–H groups in total. The zero-order valence-electron chi connectivity index (χ0n) is 17.1. The summed E-state index contributed by atoms with van der Waals surface area (Å²) in [5.41, 5.74) is 3.99. The molecule has 152 valence electrons. The van der Waals surface area contributed by atoms with Crippen LogP contribution in [-0.2, 0) is 17.8 Å². The largest absolute Gasteiger partial charge is 0.376 e. The summed E-state index contributed by atoms with van der Waals surface area (Å²) in [6.07, 6.45) is 0.324. The summed E-state index contributed by atoms with van der Waals surface area (Å²) in [5, 5.41) is 11.2. The van der Waals surface area contributed by atoms with E-state index in [1.165, 1.54) is 16.7 Å². The Labute approximate surface area is 172 Å². The molecule has 1 aromatic heterocycles. The highest BCUT2D eigenvalue weighted by Crippen LogP contribution is 2.17. The topological polar surface area (TPSA) is 48.9 Å². The van der Waals surface area contributed by atoms with E-state index >= 15 is 0 Å². The number of ether oxygens (including phenoxy) is 1. The molecule has 2 heterocycles. The summed E-state index contributed by atoms with van der Waals surface area (Å²) in [6.45, 7) is 9.82. The van der Waals surface area contributed by atoms with Gasteiger partial charge >= 0.3 is 0 Å². The summed E-state index contributed by atoms with van der Waals surface area (Å²) in [6, 6.07) is 11.0. The highest BCUT2D eigenvalue weighted by Gasteiger charge is 2.16. The van der Waals surface area contributed by atoms with Crippen LogP contribution in [0.5, 0.6) is 0 Å². The van der Waals surface area contributed by atoms with Crippen molar-refractivity contribution in [1.82, 2.24) is 15.5 Å². The average molecular weight is 401 g/mol. The van der Waals surface area contributed by atoms with Crippen molar-refractivity contribution in [3.63, 3.8) is 0 Å². The molecule has 3 rings (SSSR count). The van der Waals surface area contributed by atoms with E-state index in [2.05, 4.69) is 75.5 Å². The quantitative estimate of drug-likeness (QED) is 0.552. The Bertz CT molecular complexity index is 747. The molecule has 5 nitrogen and oxygen atoms in total. The van der Waals surface area contributed by atoms with Gasteiger partial charge in [0.25, 0.3) is 0 Å². The van der Waals surface area contributed by atoms with Crippen LogP contribution in [0.1, 0.15) is 36.5 Å². The van der Waals surface area contributed by atoms with E-state index < -0.39 is 0 Å². The van der Waals surface area contributed by atoms with Crippen molar-refractivity contribution in [2.24, 2.45) is 4.99 Å². The zero-order valence-corrected chi connectivity index (χ0v) is 18.0. The van der Waals surface area contributed by atoms with Crippen molar-refractivity contribution >= 4 is 17.3 Å². The molecular weight excluding hydrogens is 368 g/mol. The van der Waals surface area contributed by atoms with Gasteiger partial charge in [-0.1, -0.05) is 31.2 Å². The van der Waals surface area contributed by atoms with Crippen LogP contribution in [0.15, 0.2) is 46.1 Å². The molecule has 0 aliphatic carbocycles. The maximum atomic E-state index is 5.64. The normalized spacial score (nSPS) is 19.4. The van der Waals surface area contributed by atoms with Crippen LogP contribution >= 0.6 is 11.3 Å². The van der Waals surface area contributed by atoms with E-state index in [4.69, 9.17) is 4.74 Å². The minimum atomic E-state index is 0.324. The molecule has 1 aliphatic heterocycles. The molecule has 1 aromatic carbocycles. The molecular formula is C22H32N4OS. The molecule has 0 spiro atoms. The van der Waals surface area contributed by atoms with Gasteiger partial charge in [0, 0.05) is 39.8 Å². The molecule has 6 heteroatoms. The first-order valence-corrected chi connectivity index (χ1v) is 11.0. The van der Waals surface area contributed by atoms with Gasteiger partial charge in [0.2, 0.25) is 0 Å². The van der Waals surface area contributed by atoms with Crippen molar-refractivity contribution in [1.29, 1.82) is 0 Å². The molecule has 2 unspecified atom stereocenters.